The first kappa shape index (κ1) is 15.1. The van der Waals surface area contributed by atoms with Crippen molar-refractivity contribution in [1.29, 1.82) is 0 Å². The van der Waals surface area contributed by atoms with Crippen molar-refractivity contribution in [2.45, 2.75) is 65.2 Å². The summed E-state index contributed by atoms with van der Waals surface area (Å²) in [5.74, 6) is -0.665. The molecule has 16 heavy (non-hydrogen) atoms. The Kier molecular flexibility index (Phi) is 7.86. The highest BCUT2D eigenvalue weighted by Gasteiger charge is 2.35. The molecule has 94 valence electrons. The van der Waals surface area contributed by atoms with Gasteiger partial charge in [0.05, 0.1) is 5.41 Å². The molecule has 0 fully saturated rings. The van der Waals surface area contributed by atoms with Gasteiger partial charge in [0, 0.05) is 6.42 Å². The maximum atomic E-state index is 11.4. The van der Waals surface area contributed by atoms with E-state index in [2.05, 4.69) is 0 Å². The molecule has 0 heterocycles. The van der Waals surface area contributed by atoms with Gasteiger partial charge >= 0.3 is 5.97 Å². The zero-order valence-electron chi connectivity index (χ0n) is 10.5. The second-order valence-electron chi connectivity index (χ2n) is 4.50. The highest BCUT2D eigenvalue weighted by molar-refractivity contribution is 5.74. The Morgan fingerprint density at radius 2 is 1.69 bits per heavy atom. The van der Waals surface area contributed by atoms with E-state index in [-0.39, 0.29) is 0 Å². The van der Waals surface area contributed by atoms with Gasteiger partial charge in [-0.2, -0.15) is 0 Å². The maximum Gasteiger partial charge on any atom is 0.309 e. The molecule has 0 bridgehead atoms. The van der Waals surface area contributed by atoms with Crippen molar-refractivity contribution in [1.82, 2.24) is 0 Å². The predicted octanol–water partition coefficient (Wildman–Crippen LogP) is 3.42. The normalized spacial score (nSPS) is 11.4. The number of carbonyl (C=O) groups excluding carboxylic acids is 1. The lowest BCUT2D eigenvalue weighted by molar-refractivity contribution is -0.150. The van der Waals surface area contributed by atoms with Gasteiger partial charge in [-0.1, -0.05) is 33.1 Å². The molecule has 0 rings (SSSR count). The lowest BCUT2D eigenvalue weighted by Gasteiger charge is -2.28. The Labute approximate surface area is 98.2 Å². The van der Waals surface area contributed by atoms with Crippen molar-refractivity contribution >= 4 is 12.3 Å². The summed E-state index contributed by atoms with van der Waals surface area (Å²) < 4.78 is 0. The quantitative estimate of drug-likeness (QED) is 0.460. The molecular formula is C13H24O3. The Hall–Kier alpha value is -0.860. The van der Waals surface area contributed by atoms with Crippen molar-refractivity contribution in [2.75, 3.05) is 0 Å². The molecule has 0 spiro atoms. The van der Waals surface area contributed by atoms with Crippen molar-refractivity contribution < 1.29 is 14.7 Å². The van der Waals surface area contributed by atoms with Crippen LogP contribution >= 0.6 is 0 Å². The summed E-state index contributed by atoms with van der Waals surface area (Å²) in [7, 11) is 0. The molecule has 0 aromatic carbocycles. The van der Waals surface area contributed by atoms with E-state index in [1.165, 1.54) is 0 Å². The number of hydrogen-bond donors (Lipinski definition) is 1. The Bertz CT molecular complexity index is 205. The monoisotopic (exact) mass is 228 g/mol. The summed E-state index contributed by atoms with van der Waals surface area (Å²) in [5, 5.41) is 9.37. The average Bonchev–Trinajstić information content (AvgIpc) is 2.24. The van der Waals surface area contributed by atoms with Crippen molar-refractivity contribution in [2.24, 2.45) is 5.41 Å². The second kappa shape index (κ2) is 8.31. The van der Waals surface area contributed by atoms with Gasteiger partial charge in [-0.3, -0.25) is 4.79 Å². The van der Waals surface area contributed by atoms with Crippen LogP contribution in [0.4, 0.5) is 0 Å². The van der Waals surface area contributed by atoms with Crippen LogP contribution in [-0.4, -0.2) is 17.4 Å². The standard InChI is InChI=1S/C13H24O3/c1-3-8-13(9-4-2,12(15)16)10-6-5-7-11-14/h11H,3-10H2,1-2H3,(H,15,16). The summed E-state index contributed by atoms with van der Waals surface area (Å²) in [6.07, 6.45) is 7.11. The maximum absolute atomic E-state index is 11.4. The fourth-order valence-corrected chi connectivity index (χ4v) is 2.34. The summed E-state index contributed by atoms with van der Waals surface area (Å²) in [5.41, 5.74) is -0.549. The number of unbranched alkanes of at least 4 members (excludes halogenated alkanes) is 2. The van der Waals surface area contributed by atoms with Gasteiger partial charge in [0.15, 0.2) is 0 Å². The topological polar surface area (TPSA) is 54.4 Å². The van der Waals surface area contributed by atoms with Gasteiger partial charge in [-0.15, -0.1) is 0 Å². The molecule has 0 radical (unpaired) electrons. The van der Waals surface area contributed by atoms with Crippen LogP contribution in [0.25, 0.3) is 0 Å². The van der Waals surface area contributed by atoms with E-state index in [1.807, 2.05) is 13.8 Å². The Balaban J connectivity index is 4.36. The minimum absolute atomic E-state index is 0.549. The molecule has 0 atom stereocenters. The Morgan fingerprint density at radius 3 is 2.06 bits per heavy atom. The van der Waals surface area contributed by atoms with Crippen LogP contribution in [-0.2, 0) is 9.59 Å². The van der Waals surface area contributed by atoms with Gasteiger partial charge in [0.25, 0.3) is 0 Å². The van der Waals surface area contributed by atoms with E-state index >= 15 is 0 Å². The lowest BCUT2D eigenvalue weighted by atomic mass is 9.75. The molecule has 3 heteroatoms. The minimum atomic E-state index is -0.665. The molecule has 0 saturated heterocycles. The Morgan fingerprint density at radius 1 is 1.12 bits per heavy atom. The summed E-state index contributed by atoms with van der Waals surface area (Å²) >= 11 is 0. The van der Waals surface area contributed by atoms with E-state index < -0.39 is 11.4 Å². The molecule has 0 unspecified atom stereocenters. The summed E-state index contributed by atoms with van der Waals surface area (Å²) in [6.45, 7) is 4.05. The molecule has 3 nitrogen and oxygen atoms in total. The average molecular weight is 228 g/mol. The van der Waals surface area contributed by atoms with Gasteiger partial charge in [0.2, 0.25) is 0 Å². The molecule has 0 amide bonds. The third kappa shape index (κ3) is 4.77. The van der Waals surface area contributed by atoms with Crippen LogP contribution in [0.15, 0.2) is 0 Å². The third-order valence-corrected chi connectivity index (χ3v) is 3.14. The van der Waals surface area contributed by atoms with E-state index in [4.69, 9.17) is 0 Å². The van der Waals surface area contributed by atoms with E-state index in [0.717, 1.165) is 44.8 Å². The van der Waals surface area contributed by atoms with Crippen molar-refractivity contribution in [3.8, 4) is 0 Å². The fraction of sp³-hybridized carbons (Fsp3) is 0.846. The van der Waals surface area contributed by atoms with E-state index in [9.17, 15) is 14.7 Å². The number of carbonyl (C=O) groups is 2. The van der Waals surface area contributed by atoms with Crippen LogP contribution in [0, 0.1) is 5.41 Å². The first-order valence-corrected chi connectivity index (χ1v) is 6.30. The van der Waals surface area contributed by atoms with Gasteiger partial charge < -0.3 is 9.90 Å². The highest BCUT2D eigenvalue weighted by atomic mass is 16.4. The van der Waals surface area contributed by atoms with Crippen LogP contribution in [0.5, 0.6) is 0 Å². The molecular weight excluding hydrogens is 204 g/mol. The molecule has 0 aromatic heterocycles. The third-order valence-electron chi connectivity index (χ3n) is 3.14. The predicted molar refractivity (Wildman–Crippen MR) is 64.4 cm³/mol. The number of aldehydes is 1. The zero-order chi connectivity index (χ0) is 12.4. The first-order valence-electron chi connectivity index (χ1n) is 6.30. The molecule has 0 saturated carbocycles. The number of carboxylic acid groups (broad SMARTS) is 1. The van der Waals surface area contributed by atoms with Gasteiger partial charge in [-0.25, -0.2) is 0 Å². The molecule has 0 aromatic rings. The van der Waals surface area contributed by atoms with Crippen LogP contribution in [0.3, 0.4) is 0 Å². The van der Waals surface area contributed by atoms with Crippen molar-refractivity contribution in [3.05, 3.63) is 0 Å². The molecule has 0 aliphatic carbocycles. The highest BCUT2D eigenvalue weighted by Crippen LogP contribution is 2.35. The van der Waals surface area contributed by atoms with Crippen LogP contribution in [0.2, 0.25) is 0 Å². The van der Waals surface area contributed by atoms with Gasteiger partial charge in [-0.05, 0) is 25.7 Å². The minimum Gasteiger partial charge on any atom is -0.481 e. The first-order chi connectivity index (χ1) is 7.63. The summed E-state index contributed by atoms with van der Waals surface area (Å²) in [6, 6.07) is 0. The van der Waals surface area contributed by atoms with E-state index in [0.29, 0.717) is 12.8 Å². The fourth-order valence-electron chi connectivity index (χ4n) is 2.34. The van der Waals surface area contributed by atoms with Crippen LogP contribution in [0.1, 0.15) is 65.2 Å². The number of hydrogen-bond acceptors (Lipinski definition) is 2. The second-order valence-corrected chi connectivity index (χ2v) is 4.50. The smallest absolute Gasteiger partial charge is 0.309 e. The summed E-state index contributed by atoms with van der Waals surface area (Å²) in [4.78, 5) is 21.6. The number of aliphatic carboxylic acids is 1. The largest absolute Gasteiger partial charge is 0.481 e. The zero-order valence-corrected chi connectivity index (χ0v) is 10.5. The molecule has 0 aliphatic heterocycles. The SMILES string of the molecule is CCCC(CCC)(CCCCC=O)C(=O)O. The lowest BCUT2D eigenvalue weighted by Crippen LogP contribution is -2.31. The van der Waals surface area contributed by atoms with Crippen molar-refractivity contribution in [3.63, 3.8) is 0 Å². The van der Waals surface area contributed by atoms with Gasteiger partial charge in [0.1, 0.15) is 6.29 Å². The van der Waals surface area contributed by atoms with E-state index in [1.54, 1.807) is 0 Å². The number of rotatable bonds is 10. The van der Waals surface area contributed by atoms with Crippen LogP contribution < -0.4 is 0 Å². The number of carboxylic acids is 1. The molecule has 1 N–H and O–H groups in total. The molecule has 0 aliphatic rings.